The lowest BCUT2D eigenvalue weighted by Gasteiger charge is -2.19. The fraction of sp³-hybridized carbons (Fsp3) is 0.562. The van der Waals surface area contributed by atoms with E-state index in [-0.39, 0.29) is 13.2 Å². The predicted molar refractivity (Wildman–Crippen MR) is 155 cm³/mol. The van der Waals surface area contributed by atoms with E-state index in [1.807, 2.05) is 0 Å². The minimum absolute atomic E-state index is 0.170. The Labute approximate surface area is 238 Å². The molecule has 0 saturated carbocycles. The van der Waals surface area contributed by atoms with Crippen LogP contribution < -0.4 is 18.9 Å². The van der Waals surface area contributed by atoms with Gasteiger partial charge >= 0.3 is 11.9 Å². The summed E-state index contributed by atoms with van der Waals surface area (Å²) in [6.07, 6.45) is 9.25. The number of carbonyl (C=O) groups is 2. The number of hydrogen-bond acceptors (Lipinski definition) is 6. The average Bonchev–Trinajstić information content (AvgIpc) is 2.95. The summed E-state index contributed by atoms with van der Waals surface area (Å²) in [5, 5.41) is 19.3. The molecule has 2 atom stereocenters. The number of unbranched alkanes of at least 4 members (excludes halogenated alkanes) is 8. The van der Waals surface area contributed by atoms with Gasteiger partial charge < -0.3 is 29.2 Å². The average molecular weight is 559 g/mol. The molecule has 0 saturated heterocycles. The molecule has 0 bridgehead atoms. The van der Waals surface area contributed by atoms with Gasteiger partial charge in [-0.15, -0.1) is 0 Å². The molecular formula is C32H46O8. The van der Waals surface area contributed by atoms with Crippen molar-refractivity contribution in [3.8, 4) is 23.0 Å². The van der Waals surface area contributed by atoms with Crippen molar-refractivity contribution in [1.82, 2.24) is 0 Å². The molecule has 222 valence electrons. The highest BCUT2D eigenvalue weighted by molar-refractivity contribution is 5.73. The van der Waals surface area contributed by atoms with E-state index in [4.69, 9.17) is 18.9 Å². The summed E-state index contributed by atoms with van der Waals surface area (Å²) in [6, 6.07) is 14.0. The highest BCUT2D eigenvalue weighted by Crippen LogP contribution is 2.30. The van der Waals surface area contributed by atoms with Gasteiger partial charge in [0.15, 0.2) is 35.2 Å². The van der Waals surface area contributed by atoms with Crippen LogP contribution in [0.3, 0.4) is 0 Å². The fourth-order valence-electron chi connectivity index (χ4n) is 4.28. The molecule has 0 aliphatic heterocycles. The van der Waals surface area contributed by atoms with Crippen LogP contribution in [0, 0.1) is 0 Å². The van der Waals surface area contributed by atoms with Crippen LogP contribution in [0.2, 0.25) is 0 Å². The van der Waals surface area contributed by atoms with E-state index in [0.717, 1.165) is 64.2 Å². The summed E-state index contributed by atoms with van der Waals surface area (Å²) >= 11 is 0. The summed E-state index contributed by atoms with van der Waals surface area (Å²) in [5.74, 6) is -0.383. The summed E-state index contributed by atoms with van der Waals surface area (Å²) in [4.78, 5) is 23.5. The number of para-hydroxylation sites is 4. The molecular weight excluding hydrogens is 512 g/mol. The maximum atomic E-state index is 11.8. The lowest BCUT2D eigenvalue weighted by Crippen LogP contribution is -2.27. The third-order valence-electron chi connectivity index (χ3n) is 6.53. The second-order valence-electron chi connectivity index (χ2n) is 9.89. The minimum atomic E-state index is -0.995. The highest BCUT2D eigenvalue weighted by atomic mass is 16.6. The second-order valence-corrected chi connectivity index (χ2v) is 9.89. The zero-order valence-electron chi connectivity index (χ0n) is 24.0. The lowest BCUT2D eigenvalue weighted by atomic mass is 10.1. The Kier molecular flexibility index (Phi) is 16.1. The first-order valence-electron chi connectivity index (χ1n) is 14.7. The van der Waals surface area contributed by atoms with Gasteiger partial charge in [0.2, 0.25) is 0 Å². The molecule has 2 unspecified atom stereocenters. The van der Waals surface area contributed by atoms with Crippen LogP contribution in [-0.4, -0.2) is 47.6 Å². The van der Waals surface area contributed by atoms with Crippen LogP contribution in [0.4, 0.5) is 0 Å². The van der Waals surface area contributed by atoms with Crippen LogP contribution in [0.5, 0.6) is 23.0 Å². The zero-order chi connectivity index (χ0) is 29.0. The molecule has 0 heterocycles. The number of carboxylic acid groups (broad SMARTS) is 2. The molecule has 0 spiro atoms. The molecule has 0 aliphatic rings. The molecule has 0 amide bonds. The monoisotopic (exact) mass is 558 g/mol. The Morgan fingerprint density at radius 3 is 1.27 bits per heavy atom. The molecule has 8 heteroatoms. The number of rotatable bonds is 23. The van der Waals surface area contributed by atoms with Crippen molar-refractivity contribution in [2.45, 2.75) is 103 Å². The van der Waals surface area contributed by atoms with Gasteiger partial charge in [-0.3, -0.25) is 0 Å². The van der Waals surface area contributed by atoms with Crippen LogP contribution >= 0.6 is 0 Å². The van der Waals surface area contributed by atoms with Crippen LogP contribution in [-0.2, 0) is 9.59 Å². The van der Waals surface area contributed by atoms with Crippen molar-refractivity contribution < 1.29 is 38.7 Å². The van der Waals surface area contributed by atoms with E-state index in [9.17, 15) is 19.8 Å². The van der Waals surface area contributed by atoms with Gasteiger partial charge in [-0.25, -0.2) is 9.59 Å². The van der Waals surface area contributed by atoms with Crippen LogP contribution in [0.25, 0.3) is 0 Å². The van der Waals surface area contributed by atoms with Gasteiger partial charge in [0, 0.05) is 0 Å². The van der Waals surface area contributed by atoms with Gasteiger partial charge in [-0.05, 0) is 49.9 Å². The molecule has 2 aromatic rings. The van der Waals surface area contributed by atoms with E-state index in [1.54, 1.807) is 48.5 Å². The number of hydrogen-bond donors (Lipinski definition) is 2. The predicted octanol–water partition coefficient (Wildman–Crippen LogP) is 7.53. The summed E-state index contributed by atoms with van der Waals surface area (Å²) in [6.45, 7) is 4.62. The van der Waals surface area contributed by atoms with Gasteiger partial charge in [0.25, 0.3) is 0 Å². The van der Waals surface area contributed by atoms with Crippen molar-refractivity contribution in [1.29, 1.82) is 0 Å². The third kappa shape index (κ3) is 12.6. The Hall–Kier alpha value is -3.42. The highest BCUT2D eigenvalue weighted by Gasteiger charge is 2.22. The van der Waals surface area contributed by atoms with Crippen molar-refractivity contribution >= 4 is 11.9 Å². The van der Waals surface area contributed by atoms with Gasteiger partial charge in [0.05, 0.1) is 0 Å². The fourth-order valence-corrected chi connectivity index (χ4v) is 4.28. The van der Waals surface area contributed by atoms with Crippen LogP contribution in [0.15, 0.2) is 48.5 Å². The number of aliphatic carboxylic acids is 2. The molecule has 0 aliphatic carbocycles. The van der Waals surface area contributed by atoms with E-state index in [0.29, 0.717) is 35.8 Å². The number of benzene rings is 2. The summed E-state index contributed by atoms with van der Waals surface area (Å²) < 4.78 is 23.4. The smallest absolute Gasteiger partial charge is 0.344 e. The molecule has 0 fully saturated rings. The maximum absolute atomic E-state index is 11.8. The molecule has 2 N–H and O–H groups in total. The first-order valence-corrected chi connectivity index (χ1v) is 14.7. The minimum Gasteiger partial charge on any atom is -0.486 e. The Morgan fingerprint density at radius 1 is 0.575 bits per heavy atom. The molecule has 2 aromatic carbocycles. The Bertz CT molecular complexity index is 913. The molecule has 40 heavy (non-hydrogen) atoms. The molecule has 2 rings (SSSR count). The van der Waals surface area contributed by atoms with Crippen LogP contribution in [0.1, 0.15) is 90.9 Å². The normalized spacial score (nSPS) is 12.3. The van der Waals surface area contributed by atoms with Crippen molar-refractivity contribution in [3.63, 3.8) is 0 Å². The van der Waals surface area contributed by atoms with E-state index in [1.165, 1.54) is 0 Å². The zero-order valence-corrected chi connectivity index (χ0v) is 24.0. The molecule has 0 radical (unpaired) electrons. The molecule has 8 nitrogen and oxygen atoms in total. The standard InChI is InChI=1S/C32H46O8/c1-3-5-7-9-11-21-29(31(33)34)39-27-19-15-13-17-25(27)37-23-24-38-26-18-14-16-20-28(26)40-30(32(35)36)22-12-10-8-6-4-2/h13-20,29-30H,3-12,21-24H2,1-2H3,(H,33,34)(H,35,36). The number of carboxylic acids is 2. The Balaban J connectivity index is 1.89. The number of ether oxygens (including phenoxy) is 4. The van der Waals surface area contributed by atoms with E-state index >= 15 is 0 Å². The van der Waals surface area contributed by atoms with Crippen molar-refractivity contribution in [2.24, 2.45) is 0 Å². The first kappa shape index (κ1) is 32.8. The van der Waals surface area contributed by atoms with E-state index < -0.39 is 24.1 Å². The van der Waals surface area contributed by atoms with Gasteiger partial charge in [-0.1, -0.05) is 89.5 Å². The lowest BCUT2D eigenvalue weighted by molar-refractivity contribution is -0.146. The summed E-state index contributed by atoms with van der Waals surface area (Å²) in [7, 11) is 0. The second kappa shape index (κ2) is 19.6. The van der Waals surface area contributed by atoms with Crippen molar-refractivity contribution in [2.75, 3.05) is 13.2 Å². The first-order chi connectivity index (χ1) is 19.5. The topological polar surface area (TPSA) is 112 Å². The quantitative estimate of drug-likeness (QED) is 0.135. The van der Waals surface area contributed by atoms with Crippen molar-refractivity contribution in [3.05, 3.63) is 48.5 Å². The summed E-state index contributed by atoms with van der Waals surface area (Å²) in [5.41, 5.74) is 0. The Morgan fingerprint density at radius 2 is 0.925 bits per heavy atom. The SMILES string of the molecule is CCCCCCCC(Oc1ccccc1OCCOc1ccccc1OC(CCCCCCC)C(=O)O)C(=O)O. The maximum Gasteiger partial charge on any atom is 0.344 e. The third-order valence-corrected chi connectivity index (χ3v) is 6.53. The van der Waals surface area contributed by atoms with Gasteiger partial charge in [-0.2, -0.15) is 0 Å². The van der Waals surface area contributed by atoms with E-state index in [2.05, 4.69) is 13.8 Å². The van der Waals surface area contributed by atoms with Gasteiger partial charge in [0.1, 0.15) is 13.2 Å². The largest absolute Gasteiger partial charge is 0.486 e. The molecule has 0 aromatic heterocycles.